The summed E-state index contributed by atoms with van der Waals surface area (Å²) in [7, 11) is 0. The fourth-order valence-corrected chi connectivity index (χ4v) is 3.54. The van der Waals surface area contributed by atoms with Gasteiger partial charge in [-0.05, 0) is 42.7 Å². The van der Waals surface area contributed by atoms with Gasteiger partial charge in [-0.15, -0.1) is 0 Å². The predicted octanol–water partition coefficient (Wildman–Crippen LogP) is 3.52. The molecule has 6 heteroatoms. The smallest absolute Gasteiger partial charge is 0.317 e. The Hall–Kier alpha value is -2.47. The van der Waals surface area contributed by atoms with Crippen molar-refractivity contribution in [2.45, 2.75) is 25.4 Å². The molecule has 1 heterocycles. The van der Waals surface area contributed by atoms with Crippen LogP contribution in [0, 0.1) is 11.6 Å². The van der Waals surface area contributed by atoms with Crippen LogP contribution in [0.3, 0.4) is 0 Å². The summed E-state index contributed by atoms with van der Waals surface area (Å²) in [5, 5.41) is 9.24. The van der Waals surface area contributed by atoms with Crippen LogP contribution in [0.1, 0.15) is 18.4 Å². The largest absolute Gasteiger partial charge is 0.480 e. The van der Waals surface area contributed by atoms with Crippen molar-refractivity contribution in [3.8, 4) is 0 Å². The van der Waals surface area contributed by atoms with Gasteiger partial charge in [0.05, 0.1) is 12.2 Å². The first kappa shape index (κ1) is 18.3. The number of hydrogen-bond donors (Lipinski definition) is 1. The van der Waals surface area contributed by atoms with Gasteiger partial charge in [0.2, 0.25) is 0 Å². The summed E-state index contributed by atoms with van der Waals surface area (Å²) in [6.07, 6.45) is 1.47. The van der Waals surface area contributed by atoms with Crippen molar-refractivity contribution < 1.29 is 18.7 Å². The molecule has 1 N–H and O–H groups in total. The van der Waals surface area contributed by atoms with Gasteiger partial charge in [-0.3, -0.25) is 9.69 Å². The molecule has 0 saturated carbocycles. The van der Waals surface area contributed by atoms with Crippen molar-refractivity contribution >= 4 is 11.7 Å². The Morgan fingerprint density at radius 2 is 1.85 bits per heavy atom. The average Bonchev–Trinajstić information content (AvgIpc) is 2.61. The minimum Gasteiger partial charge on any atom is -0.480 e. The summed E-state index contributed by atoms with van der Waals surface area (Å²) in [4.78, 5) is 15.1. The number of aliphatic carboxylic acids is 1. The third kappa shape index (κ3) is 4.58. The second-order valence-corrected chi connectivity index (χ2v) is 6.60. The van der Waals surface area contributed by atoms with Crippen LogP contribution in [-0.2, 0) is 11.3 Å². The number of anilines is 1. The van der Waals surface area contributed by atoms with Gasteiger partial charge < -0.3 is 10.0 Å². The molecule has 0 spiro atoms. The zero-order valence-electron chi connectivity index (χ0n) is 14.4. The van der Waals surface area contributed by atoms with Crippen LogP contribution in [-0.4, -0.2) is 41.7 Å². The Kier molecular flexibility index (Phi) is 5.83. The van der Waals surface area contributed by atoms with E-state index in [0.29, 0.717) is 25.3 Å². The molecule has 26 heavy (non-hydrogen) atoms. The van der Waals surface area contributed by atoms with Crippen molar-refractivity contribution in [3.05, 3.63) is 65.7 Å². The SMILES string of the molecule is O=C(O)CN(Cc1cccc(F)c1)C1CCN(c2ccccc2F)CC1. The fourth-order valence-electron chi connectivity index (χ4n) is 3.54. The van der Waals surface area contributed by atoms with Gasteiger partial charge in [0, 0.05) is 25.7 Å². The Balaban J connectivity index is 1.67. The van der Waals surface area contributed by atoms with E-state index in [1.54, 1.807) is 24.3 Å². The van der Waals surface area contributed by atoms with Gasteiger partial charge in [-0.25, -0.2) is 8.78 Å². The molecule has 0 aromatic heterocycles. The van der Waals surface area contributed by atoms with Crippen molar-refractivity contribution in [2.75, 3.05) is 24.5 Å². The number of rotatable bonds is 6. The van der Waals surface area contributed by atoms with Crippen molar-refractivity contribution in [2.24, 2.45) is 0 Å². The van der Waals surface area contributed by atoms with Crippen LogP contribution in [0.4, 0.5) is 14.5 Å². The lowest BCUT2D eigenvalue weighted by molar-refractivity contribution is -0.139. The summed E-state index contributed by atoms with van der Waals surface area (Å²) < 4.78 is 27.4. The van der Waals surface area contributed by atoms with Gasteiger partial charge in [-0.1, -0.05) is 24.3 Å². The Morgan fingerprint density at radius 3 is 2.50 bits per heavy atom. The van der Waals surface area contributed by atoms with Crippen molar-refractivity contribution in [1.29, 1.82) is 0 Å². The normalized spacial score (nSPS) is 15.4. The lowest BCUT2D eigenvalue weighted by Crippen LogP contribution is -2.46. The van der Waals surface area contributed by atoms with Crippen molar-refractivity contribution in [1.82, 2.24) is 4.90 Å². The molecule has 4 nitrogen and oxygen atoms in total. The molecule has 2 aromatic rings. The van der Waals surface area contributed by atoms with Crippen LogP contribution in [0.5, 0.6) is 0 Å². The van der Waals surface area contributed by atoms with E-state index < -0.39 is 5.97 Å². The summed E-state index contributed by atoms with van der Waals surface area (Å²) in [6.45, 7) is 1.60. The molecule has 1 saturated heterocycles. The molecule has 0 aliphatic carbocycles. The number of carbonyl (C=O) groups is 1. The maximum Gasteiger partial charge on any atom is 0.317 e. The number of halogens is 2. The van der Waals surface area contributed by atoms with E-state index in [4.69, 9.17) is 0 Å². The van der Waals surface area contributed by atoms with Crippen molar-refractivity contribution in [3.63, 3.8) is 0 Å². The van der Waals surface area contributed by atoms with Gasteiger partial charge in [0.25, 0.3) is 0 Å². The Labute approximate surface area is 151 Å². The van der Waals surface area contributed by atoms with Gasteiger partial charge >= 0.3 is 5.97 Å². The third-order valence-electron chi connectivity index (χ3n) is 4.79. The number of para-hydroxylation sites is 1. The highest BCUT2D eigenvalue weighted by atomic mass is 19.1. The molecular weight excluding hydrogens is 338 g/mol. The number of nitrogens with zero attached hydrogens (tertiary/aromatic N) is 2. The van der Waals surface area contributed by atoms with E-state index >= 15 is 0 Å². The Morgan fingerprint density at radius 1 is 1.12 bits per heavy atom. The van der Waals surface area contributed by atoms with Crippen LogP contribution in [0.25, 0.3) is 0 Å². The fraction of sp³-hybridized carbons (Fsp3) is 0.350. The molecule has 1 aliphatic heterocycles. The standard InChI is InChI=1S/C20H22F2N2O2/c21-16-5-3-4-15(12-16)13-24(14-20(25)26)17-8-10-23(11-9-17)19-7-2-1-6-18(19)22/h1-7,12,17H,8-11,13-14H2,(H,25,26). The molecule has 3 rings (SSSR count). The van der Waals surface area contributed by atoms with Gasteiger partial charge in [0.1, 0.15) is 11.6 Å². The maximum atomic E-state index is 14.0. The molecule has 0 bridgehead atoms. The molecule has 0 radical (unpaired) electrons. The highest BCUT2D eigenvalue weighted by molar-refractivity contribution is 5.69. The molecule has 138 valence electrons. The highest BCUT2D eigenvalue weighted by Gasteiger charge is 2.27. The predicted molar refractivity (Wildman–Crippen MR) is 96.1 cm³/mol. The topological polar surface area (TPSA) is 43.8 Å². The van der Waals surface area contributed by atoms with E-state index in [2.05, 4.69) is 0 Å². The second kappa shape index (κ2) is 8.27. The summed E-state index contributed by atoms with van der Waals surface area (Å²) in [6, 6.07) is 13.0. The van der Waals surface area contributed by atoms with E-state index in [-0.39, 0.29) is 24.2 Å². The summed E-state index contributed by atoms with van der Waals surface area (Å²) in [5.41, 5.74) is 1.34. The van der Waals surface area contributed by atoms with E-state index in [9.17, 15) is 18.7 Å². The van der Waals surface area contributed by atoms with E-state index in [0.717, 1.165) is 18.4 Å². The number of hydrogen-bond acceptors (Lipinski definition) is 3. The molecular formula is C20H22F2N2O2. The first-order valence-electron chi connectivity index (χ1n) is 8.72. The first-order chi connectivity index (χ1) is 12.5. The zero-order valence-corrected chi connectivity index (χ0v) is 14.4. The molecule has 2 aromatic carbocycles. The zero-order chi connectivity index (χ0) is 18.5. The molecule has 0 atom stereocenters. The number of benzene rings is 2. The first-order valence-corrected chi connectivity index (χ1v) is 8.72. The second-order valence-electron chi connectivity index (χ2n) is 6.60. The van der Waals surface area contributed by atoms with E-state index in [1.807, 2.05) is 15.9 Å². The maximum absolute atomic E-state index is 14.0. The Bertz CT molecular complexity index is 761. The average molecular weight is 360 g/mol. The van der Waals surface area contributed by atoms with Crippen LogP contribution >= 0.6 is 0 Å². The quantitative estimate of drug-likeness (QED) is 0.856. The monoisotopic (exact) mass is 360 g/mol. The summed E-state index contributed by atoms with van der Waals surface area (Å²) >= 11 is 0. The lowest BCUT2D eigenvalue weighted by atomic mass is 10.0. The minimum absolute atomic E-state index is 0.0670. The molecule has 1 aliphatic rings. The van der Waals surface area contributed by atoms with Crippen LogP contribution in [0.2, 0.25) is 0 Å². The minimum atomic E-state index is -0.905. The van der Waals surface area contributed by atoms with Gasteiger partial charge in [-0.2, -0.15) is 0 Å². The lowest BCUT2D eigenvalue weighted by Gasteiger charge is -2.39. The number of carboxylic acids is 1. The third-order valence-corrected chi connectivity index (χ3v) is 4.79. The number of carboxylic acid groups (broad SMARTS) is 1. The molecule has 0 amide bonds. The highest BCUT2D eigenvalue weighted by Crippen LogP contribution is 2.25. The summed E-state index contributed by atoms with van der Waals surface area (Å²) in [5.74, 6) is -1.47. The number of piperidine rings is 1. The van der Waals surface area contributed by atoms with Gasteiger partial charge in [0.15, 0.2) is 0 Å². The van der Waals surface area contributed by atoms with Crippen LogP contribution < -0.4 is 4.90 Å². The van der Waals surface area contributed by atoms with E-state index in [1.165, 1.54) is 18.2 Å². The molecule has 1 fully saturated rings. The molecule has 0 unspecified atom stereocenters. The van der Waals surface area contributed by atoms with Crippen LogP contribution in [0.15, 0.2) is 48.5 Å².